The van der Waals surface area contributed by atoms with Crippen LogP contribution in [0.4, 0.5) is 0 Å². The molecule has 3 heteroatoms. The zero-order chi connectivity index (χ0) is 13.8. The molecule has 1 aliphatic rings. The van der Waals surface area contributed by atoms with E-state index in [0.29, 0.717) is 6.04 Å². The molecule has 1 heterocycles. The van der Waals surface area contributed by atoms with Gasteiger partial charge >= 0.3 is 0 Å². The number of rotatable bonds is 4. The molecule has 1 saturated carbocycles. The number of hydrogen-bond donors (Lipinski definition) is 1. The van der Waals surface area contributed by atoms with Gasteiger partial charge in [-0.15, -0.1) is 11.3 Å². The predicted molar refractivity (Wildman–Crippen MR) is 86.0 cm³/mol. The van der Waals surface area contributed by atoms with Gasteiger partial charge in [0.25, 0.3) is 0 Å². The Bertz CT molecular complexity index is 556. The van der Waals surface area contributed by atoms with E-state index >= 15 is 0 Å². The minimum Gasteiger partial charge on any atom is -0.308 e. The van der Waals surface area contributed by atoms with Gasteiger partial charge in [-0.25, -0.2) is 4.98 Å². The molecule has 0 radical (unpaired) electrons. The van der Waals surface area contributed by atoms with Gasteiger partial charge in [0.2, 0.25) is 0 Å². The van der Waals surface area contributed by atoms with Gasteiger partial charge < -0.3 is 5.32 Å². The smallest absolute Gasteiger partial charge is 0.107 e. The summed E-state index contributed by atoms with van der Waals surface area (Å²) < 4.78 is 0. The first-order chi connectivity index (χ1) is 9.81. The van der Waals surface area contributed by atoms with E-state index < -0.39 is 0 Å². The molecule has 0 saturated heterocycles. The van der Waals surface area contributed by atoms with E-state index in [9.17, 15) is 0 Å². The summed E-state index contributed by atoms with van der Waals surface area (Å²) in [4.78, 5) is 5.84. The number of nitrogens with zero attached hydrogens (tertiary/aromatic N) is 1. The fourth-order valence-corrected chi connectivity index (χ4v) is 3.73. The van der Waals surface area contributed by atoms with Crippen molar-refractivity contribution in [2.24, 2.45) is 0 Å². The van der Waals surface area contributed by atoms with Crippen LogP contribution in [0.15, 0.2) is 30.5 Å². The van der Waals surface area contributed by atoms with E-state index in [1.54, 1.807) is 0 Å². The monoisotopic (exact) mass is 286 g/mol. The van der Waals surface area contributed by atoms with Crippen molar-refractivity contribution in [1.82, 2.24) is 10.3 Å². The second kappa shape index (κ2) is 6.51. The van der Waals surface area contributed by atoms with Crippen molar-refractivity contribution in [1.29, 1.82) is 0 Å². The number of aryl methyl sites for hydroxylation is 1. The van der Waals surface area contributed by atoms with Crippen LogP contribution in [0.3, 0.4) is 0 Å². The second-order valence-electron chi connectivity index (χ2n) is 5.70. The van der Waals surface area contributed by atoms with E-state index in [0.717, 1.165) is 6.54 Å². The molecule has 20 heavy (non-hydrogen) atoms. The Morgan fingerprint density at radius 2 is 2.10 bits per heavy atom. The minimum absolute atomic E-state index is 0.704. The zero-order valence-electron chi connectivity index (χ0n) is 12.1. The van der Waals surface area contributed by atoms with E-state index in [1.807, 2.05) is 17.5 Å². The lowest BCUT2D eigenvalue weighted by atomic mass is 9.96. The van der Waals surface area contributed by atoms with Crippen LogP contribution in [-0.2, 0) is 6.54 Å². The molecule has 0 spiro atoms. The summed E-state index contributed by atoms with van der Waals surface area (Å²) in [5, 5.41) is 4.86. The minimum atomic E-state index is 0.704. The first kappa shape index (κ1) is 13.8. The van der Waals surface area contributed by atoms with Crippen LogP contribution in [0.1, 0.15) is 42.7 Å². The lowest BCUT2D eigenvalue weighted by Crippen LogP contribution is -2.30. The maximum Gasteiger partial charge on any atom is 0.107 e. The van der Waals surface area contributed by atoms with Gasteiger partial charge in [-0.2, -0.15) is 0 Å². The predicted octanol–water partition coefficient (Wildman–Crippen LogP) is 4.54. The number of nitrogens with one attached hydrogen (secondary N) is 1. The van der Waals surface area contributed by atoms with E-state index in [-0.39, 0.29) is 0 Å². The average molecular weight is 286 g/mol. The Morgan fingerprint density at radius 1 is 1.25 bits per heavy atom. The molecule has 1 aromatic carbocycles. The first-order valence-electron chi connectivity index (χ1n) is 7.56. The van der Waals surface area contributed by atoms with Gasteiger partial charge in [-0.1, -0.05) is 49.1 Å². The SMILES string of the molecule is Cc1cccc(-c2cnc(CNC3CCCCC3)s2)c1. The molecule has 0 unspecified atom stereocenters. The topological polar surface area (TPSA) is 24.9 Å². The van der Waals surface area contributed by atoms with E-state index in [4.69, 9.17) is 0 Å². The quantitative estimate of drug-likeness (QED) is 0.892. The van der Waals surface area contributed by atoms with Crippen LogP contribution in [0.5, 0.6) is 0 Å². The summed E-state index contributed by atoms with van der Waals surface area (Å²) in [5.74, 6) is 0. The molecule has 106 valence electrons. The van der Waals surface area contributed by atoms with E-state index in [2.05, 4.69) is 41.5 Å². The Hall–Kier alpha value is -1.19. The average Bonchev–Trinajstić information content (AvgIpc) is 2.95. The van der Waals surface area contributed by atoms with Crippen LogP contribution in [0.2, 0.25) is 0 Å². The van der Waals surface area contributed by atoms with Crippen molar-refractivity contribution < 1.29 is 0 Å². The summed E-state index contributed by atoms with van der Waals surface area (Å²) in [7, 11) is 0. The highest BCUT2D eigenvalue weighted by molar-refractivity contribution is 7.15. The van der Waals surface area contributed by atoms with Crippen LogP contribution in [-0.4, -0.2) is 11.0 Å². The van der Waals surface area contributed by atoms with Crippen LogP contribution in [0.25, 0.3) is 10.4 Å². The third-order valence-electron chi connectivity index (χ3n) is 4.00. The molecular formula is C17H22N2S. The Balaban J connectivity index is 1.61. The fraction of sp³-hybridized carbons (Fsp3) is 0.471. The summed E-state index contributed by atoms with van der Waals surface area (Å²) in [6.07, 6.45) is 8.84. The summed E-state index contributed by atoms with van der Waals surface area (Å²) in [5.41, 5.74) is 2.59. The molecule has 0 aliphatic heterocycles. The van der Waals surface area contributed by atoms with Gasteiger partial charge in [-0.3, -0.25) is 0 Å². The molecule has 2 aromatic rings. The maximum atomic E-state index is 4.56. The Labute approximate surface area is 125 Å². The highest BCUT2D eigenvalue weighted by atomic mass is 32.1. The summed E-state index contributed by atoms with van der Waals surface area (Å²) in [6.45, 7) is 3.05. The Morgan fingerprint density at radius 3 is 2.90 bits per heavy atom. The number of benzene rings is 1. The van der Waals surface area contributed by atoms with Gasteiger partial charge in [0.1, 0.15) is 5.01 Å². The number of aromatic nitrogens is 1. The van der Waals surface area contributed by atoms with Crippen molar-refractivity contribution in [3.8, 4) is 10.4 Å². The molecular weight excluding hydrogens is 264 g/mol. The molecule has 1 aliphatic carbocycles. The standard InChI is InChI=1S/C17H22N2S/c1-13-6-5-7-14(10-13)16-11-19-17(20-16)12-18-15-8-3-2-4-9-15/h5-7,10-11,15,18H,2-4,8-9,12H2,1H3. The van der Waals surface area contributed by atoms with Gasteiger partial charge in [-0.05, 0) is 25.3 Å². The van der Waals surface area contributed by atoms with Crippen molar-refractivity contribution >= 4 is 11.3 Å². The Kier molecular flexibility index (Phi) is 4.48. The third-order valence-corrected chi connectivity index (χ3v) is 5.05. The van der Waals surface area contributed by atoms with Crippen molar-refractivity contribution in [3.05, 3.63) is 41.0 Å². The molecule has 0 atom stereocenters. The molecule has 0 amide bonds. The van der Waals surface area contributed by atoms with Crippen molar-refractivity contribution in [2.45, 2.75) is 51.6 Å². The number of hydrogen-bond acceptors (Lipinski definition) is 3. The van der Waals surface area contributed by atoms with Crippen molar-refractivity contribution in [3.63, 3.8) is 0 Å². The van der Waals surface area contributed by atoms with Crippen LogP contribution >= 0.6 is 11.3 Å². The van der Waals surface area contributed by atoms with Crippen molar-refractivity contribution in [2.75, 3.05) is 0 Å². The highest BCUT2D eigenvalue weighted by Gasteiger charge is 2.13. The normalized spacial score (nSPS) is 16.4. The van der Waals surface area contributed by atoms with Gasteiger partial charge in [0.05, 0.1) is 4.88 Å². The highest BCUT2D eigenvalue weighted by Crippen LogP contribution is 2.27. The van der Waals surface area contributed by atoms with Crippen LogP contribution in [0, 0.1) is 6.92 Å². The second-order valence-corrected chi connectivity index (χ2v) is 6.82. The summed E-state index contributed by atoms with van der Waals surface area (Å²) in [6, 6.07) is 9.35. The zero-order valence-corrected chi connectivity index (χ0v) is 12.9. The number of thiazole rings is 1. The van der Waals surface area contributed by atoms with E-state index in [1.165, 1.54) is 53.1 Å². The molecule has 1 aromatic heterocycles. The lowest BCUT2D eigenvalue weighted by molar-refractivity contribution is 0.372. The molecule has 1 N–H and O–H groups in total. The lowest BCUT2D eigenvalue weighted by Gasteiger charge is -2.22. The maximum absolute atomic E-state index is 4.56. The first-order valence-corrected chi connectivity index (χ1v) is 8.38. The van der Waals surface area contributed by atoms with Crippen LogP contribution < -0.4 is 5.32 Å². The summed E-state index contributed by atoms with van der Waals surface area (Å²) >= 11 is 1.81. The fourth-order valence-electron chi connectivity index (χ4n) is 2.86. The van der Waals surface area contributed by atoms with Gasteiger partial charge in [0, 0.05) is 18.8 Å². The largest absolute Gasteiger partial charge is 0.308 e. The third kappa shape index (κ3) is 3.47. The van der Waals surface area contributed by atoms with Gasteiger partial charge in [0.15, 0.2) is 0 Å². The molecule has 2 nitrogen and oxygen atoms in total. The molecule has 1 fully saturated rings. The molecule has 0 bridgehead atoms. The molecule has 3 rings (SSSR count).